The minimum Gasteiger partial charge on any atom is -0.440 e. The molecule has 0 aliphatic rings. The Morgan fingerprint density at radius 2 is 2.44 bits per heavy atom. The lowest BCUT2D eigenvalue weighted by atomic mass is 10.3. The highest BCUT2D eigenvalue weighted by Crippen LogP contribution is 2.25. The fourth-order valence-electron chi connectivity index (χ4n) is 1.27. The van der Waals surface area contributed by atoms with E-state index in [2.05, 4.69) is 22.9 Å². The summed E-state index contributed by atoms with van der Waals surface area (Å²) >= 11 is 3.26. The first kappa shape index (κ1) is 13.2. The Kier molecular flexibility index (Phi) is 4.88. The van der Waals surface area contributed by atoms with Crippen molar-refractivity contribution in [1.29, 1.82) is 0 Å². The van der Waals surface area contributed by atoms with Crippen LogP contribution in [0.5, 0.6) is 0 Å². The first-order valence-corrected chi connectivity index (χ1v) is 7.36. The molecule has 94 valence electrons. The van der Waals surface area contributed by atoms with E-state index in [1.54, 1.807) is 29.4 Å². The summed E-state index contributed by atoms with van der Waals surface area (Å²) in [5.41, 5.74) is 1.91. The zero-order valence-corrected chi connectivity index (χ0v) is 11.6. The van der Waals surface area contributed by atoms with Crippen LogP contribution in [0.15, 0.2) is 27.3 Å². The maximum Gasteiger partial charge on any atom is 0.256 e. The SMILES string of the molecule is Cc1coc(SCc2cc(C#CCCO)cs2)n1. The fraction of sp³-hybridized carbons (Fsp3) is 0.308. The minimum atomic E-state index is 0.114. The second-order valence-corrected chi connectivity index (χ2v) is 5.54. The molecule has 0 saturated heterocycles. The van der Waals surface area contributed by atoms with E-state index >= 15 is 0 Å². The molecule has 2 rings (SSSR count). The number of thiophene rings is 1. The number of aryl methyl sites for hydroxylation is 1. The standard InChI is InChI=1S/C13H13NO2S2/c1-10-7-16-13(14-10)18-9-12-6-11(8-17-12)4-2-3-5-15/h6-8,15H,3,5,9H2,1H3. The maximum atomic E-state index is 8.64. The van der Waals surface area contributed by atoms with Crippen LogP contribution in [0.1, 0.15) is 22.6 Å². The topological polar surface area (TPSA) is 46.3 Å². The van der Waals surface area contributed by atoms with Gasteiger partial charge in [-0.3, -0.25) is 0 Å². The predicted molar refractivity (Wildman–Crippen MR) is 73.7 cm³/mol. The van der Waals surface area contributed by atoms with Gasteiger partial charge in [-0.25, -0.2) is 4.98 Å². The van der Waals surface area contributed by atoms with E-state index in [0.717, 1.165) is 17.0 Å². The number of aliphatic hydroxyl groups excluding tert-OH is 1. The van der Waals surface area contributed by atoms with Gasteiger partial charge >= 0.3 is 0 Å². The lowest BCUT2D eigenvalue weighted by molar-refractivity contribution is 0.305. The summed E-state index contributed by atoms with van der Waals surface area (Å²) in [6.45, 7) is 2.02. The Balaban J connectivity index is 1.89. The van der Waals surface area contributed by atoms with Crippen LogP contribution in [-0.4, -0.2) is 16.7 Å². The molecule has 1 N–H and O–H groups in total. The van der Waals surface area contributed by atoms with Gasteiger partial charge in [-0.2, -0.15) is 0 Å². The van der Waals surface area contributed by atoms with E-state index in [9.17, 15) is 0 Å². The predicted octanol–water partition coefficient (Wildman–Crippen LogP) is 3.07. The van der Waals surface area contributed by atoms with Crippen LogP contribution in [0.2, 0.25) is 0 Å². The van der Waals surface area contributed by atoms with Crippen LogP contribution in [0, 0.1) is 18.8 Å². The highest BCUT2D eigenvalue weighted by molar-refractivity contribution is 7.98. The quantitative estimate of drug-likeness (QED) is 0.690. The number of thioether (sulfide) groups is 1. The largest absolute Gasteiger partial charge is 0.440 e. The molecule has 0 aliphatic heterocycles. The third-order valence-electron chi connectivity index (χ3n) is 2.06. The van der Waals surface area contributed by atoms with Crippen molar-refractivity contribution in [3.63, 3.8) is 0 Å². The number of hydrogen-bond acceptors (Lipinski definition) is 5. The van der Waals surface area contributed by atoms with Gasteiger partial charge in [0.1, 0.15) is 6.26 Å². The zero-order valence-electron chi connectivity index (χ0n) is 9.97. The summed E-state index contributed by atoms with van der Waals surface area (Å²) < 4.78 is 5.27. The molecule has 0 amide bonds. The number of rotatable bonds is 4. The van der Waals surface area contributed by atoms with E-state index in [-0.39, 0.29) is 6.61 Å². The molecule has 3 nitrogen and oxygen atoms in total. The van der Waals surface area contributed by atoms with Gasteiger partial charge in [0.2, 0.25) is 0 Å². The van der Waals surface area contributed by atoms with Gasteiger partial charge in [0.15, 0.2) is 0 Å². The molecular weight excluding hydrogens is 266 g/mol. The lowest BCUT2D eigenvalue weighted by Gasteiger charge is -1.91. The van der Waals surface area contributed by atoms with Gasteiger partial charge in [-0.05, 0) is 13.0 Å². The van der Waals surface area contributed by atoms with E-state index < -0.39 is 0 Å². The molecular formula is C13H13NO2S2. The first-order chi connectivity index (χ1) is 8.78. The third kappa shape index (κ3) is 3.91. The molecule has 2 aromatic heterocycles. The van der Waals surface area contributed by atoms with Crippen LogP contribution in [0.4, 0.5) is 0 Å². The third-order valence-corrected chi connectivity index (χ3v) is 4.07. The van der Waals surface area contributed by atoms with Crippen LogP contribution < -0.4 is 0 Å². The minimum absolute atomic E-state index is 0.114. The second kappa shape index (κ2) is 6.64. The number of oxazole rings is 1. The van der Waals surface area contributed by atoms with E-state index in [1.165, 1.54) is 4.88 Å². The molecule has 0 bridgehead atoms. The Morgan fingerprint density at radius 3 is 3.17 bits per heavy atom. The molecule has 0 aromatic carbocycles. The summed E-state index contributed by atoms with van der Waals surface area (Å²) in [7, 11) is 0. The molecule has 0 unspecified atom stereocenters. The molecule has 0 fully saturated rings. The highest BCUT2D eigenvalue weighted by atomic mass is 32.2. The summed E-state index contributed by atoms with van der Waals surface area (Å²) in [4.78, 5) is 5.48. The van der Waals surface area contributed by atoms with Crippen molar-refractivity contribution in [2.24, 2.45) is 0 Å². The summed E-state index contributed by atoms with van der Waals surface area (Å²) in [6, 6.07) is 2.07. The Morgan fingerprint density at radius 1 is 1.56 bits per heavy atom. The smallest absolute Gasteiger partial charge is 0.256 e. The van der Waals surface area contributed by atoms with Gasteiger partial charge in [0, 0.05) is 28.0 Å². The van der Waals surface area contributed by atoms with Crippen molar-refractivity contribution < 1.29 is 9.52 Å². The summed E-state index contributed by atoms with van der Waals surface area (Å²) in [5, 5.41) is 11.4. The van der Waals surface area contributed by atoms with Crippen LogP contribution in [0.25, 0.3) is 0 Å². The Labute approximate surface area is 114 Å². The van der Waals surface area contributed by atoms with Crippen molar-refractivity contribution in [1.82, 2.24) is 4.98 Å². The maximum absolute atomic E-state index is 8.64. The van der Waals surface area contributed by atoms with Crippen LogP contribution >= 0.6 is 23.1 Å². The second-order valence-electron chi connectivity index (χ2n) is 3.62. The van der Waals surface area contributed by atoms with E-state index in [1.807, 2.05) is 12.3 Å². The van der Waals surface area contributed by atoms with Crippen molar-refractivity contribution in [3.05, 3.63) is 33.8 Å². The molecule has 0 spiro atoms. The van der Waals surface area contributed by atoms with Gasteiger partial charge in [0.25, 0.3) is 5.22 Å². The van der Waals surface area contributed by atoms with Gasteiger partial charge in [-0.15, -0.1) is 11.3 Å². The molecule has 5 heteroatoms. The fourth-order valence-corrected chi connectivity index (χ4v) is 3.00. The average molecular weight is 279 g/mol. The number of aliphatic hydroxyl groups is 1. The summed E-state index contributed by atoms with van der Waals surface area (Å²) in [5.74, 6) is 6.77. The normalized spacial score (nSPS) is 10.1. The number of aromatic nitrogens is 1. The van der Waals surface area contributed by atoms with Crippen molar-refractivity contribution in [3.8, 4) is 11.8 Å². The highest BCUT2D eigenvalue weighted by Gasteiger charge is 2.04. The zero-order chi connectivity index (χ0) is 12.8. The Bertz CT molecular complexity index is 563. The molecule has 2 heterocycles. The van der Waals surface area contributed by atoms with Gasteiger partial charge in [0.05, 0.1) is 12.3 Å². The van der Waals surface area contributed by atoms with E-state index in [4.69, 9.17) is 9.52 Å². The van der Waals surface area contributed by atoms with Crippen molar-refractivity contribution in [2.75, 3.05) is 6.61 Å². The Hall–Kier alpha value is -1.22. The number of hydrogen-bond donors (Lipinski definition) is 1. The number of nitrogens with zero attached hydrogens (tertiary/aromatic N) is 1. The molecule has 0 aliphatic carbocycles. The van der Waals surface area contributed by atoms with Gasteiger partial charge in [-0.1, -0.05) is 23.6 Å². The molecule has 0 saturated carbocycles. The van der Waals surface area contributed by atoms with Crippen LogP contribution in [-0.2, 0) is 5.75 Å². The van der Waals surface area contributed by atoms with E-state index in [0.29, 0.717) is 11.6 Å². The van der Waals surface area contributed by atoms with Gasteiger partial charge < -0.3 is 9.52 Å². The van der Waals surface area contributed by atoms with Crippen molar-refractivity contribution in [2.45, 2.75) is 24.3 Å². The van der Waals surface area contributed by atoms with Crippen LogP contribution in [0.3, 0.4) is 0 Å². The monoisotopic (exact) mass is 279 g/mol. The summed E-state index contributed by atoms with van der Waals surface area (Å²) in [6.07, 6.45) is 2.18. The lowest BCUT2D eigenvalue weighted by Crippen LogP contribution is -1.77. The molecule has 2 aromatic rings. The molecule has 18 heavy (non-hydrogen) atoms. The van der Waals surface area contributed by atoms with Crippen molar-refractivity contribution >= 4 is 23.1 Å². The molecule has 0 radical (unpaired) electrons. The first-order valence-electron chi connectivity index (χ1n) is 5.50. The average Bonchev–Trinajstić information content (AvgIpc) is 2.96. The molecule has 0 atom stereocenters.